The molecule has 2 aliphatic rings. The first-order valence-electron chi connectivity index (χ1n) is 11.8. The molecule has 2 aliphatic carbocycles. The lowest BCUT2D eigenvalue weighted by molar-refractivity contribution is 0.103. The van der Waals surface area contributed by atoms with Gasteiger partial charge in [0.2, 0.25) is 11.6 Å². The van der Waals surface area contributed by atoms with E-state index in [1.54, 1.807) is 22.7 Å². The number of thiophene rings is 2. The van der Waals surface area contributed by atoms with E-state index in [0.29, 0.717) is 0 Å². The van der Waals surface area contributed by atoms with Gasteiger partial charge in [-0.25, -0.2) is 0 Å². The Balaban J connectivity index is 1.65. The van der Waals surface area contributed by atoms with Crippen LogP contribution in [0.2, 0.25) is 0 Å². The first-order chi connectivity index (χ1) is 17.7. The monoisotopic (exact) mass is 496 g/mol. The third kappa shape index (κ3) is 2.50. The summed E-state index contributed by atoms with van der Waals surface area (Å²) in [4.78, 5) is 29.0. The van der Waals surface area contributed by atoms with Crippen LogP contribution in [0.5, 0.6) is 0 Å². The fourth-order valence-corrected chi connectivity index (χ4v) is 8.07. The SMILES string of the molecule is O=C1c2ccccc2/C(=C2/c3ccccc3C(=O)c3sc4ccccc4c32)c2c1sc1ccccc21. The maximum Gasteiger partial charge on any atom is 0.204 e. The molecule has 36 heavy (non-hydrogen) atoms. The Kier molecular flexibility index (Phi) is 4.02. The van der Waals surface area contributed by atoms with Crippen molar-refractivity contribution in [2.45, 2.75) is 0 Å². The van der Waals surface area contributed by atoms with Crippen molar-refractivity contribution in [1.29, 1.82) is 0 Å². The molecule has 0 spiro atoms. The average Bonchev–Trinajstić information content (AvgIpc) is 3.50. The molecule has 2 heterocycles. The summed E-state index contributed by atoms with van der Waals surface area (Å²) in [6.45, 7) is 0. The van der Waals surface area contributed by atoms with E-state index in [2.05, 4.69) is 36.4 Å². The minimum atomic E-state index is 0.0710. The summed E-state index contributed by atoms with van der Waals surface area (Å²) in [6.07, 6.45) is 0. The van der Waals surface area contributed by atoms with E-state index in [1.807, 2.05) is 60.7 Å². The summed E-state index contributed by atoms with van der Waals surface area (Å²) in [5, 5.41) is 2.16. The zero-order valence-corrected chi connectivity index (χ0v) is 20.5. The second kappa shape index (κ2) is 7.20. The second-order valence-electron chi connectivity index (χ2n) is 9.10. The molecular weight excluding hydrogens is 480 g/mol. The quantitative estimate of drug-likeness (QED) is 0.212. The molecule has 4 aromatic carbocycles. The van der Waals surface area contributed by atoms with Gasteiger partial charge >= 0.3 is 0 Å². The van der Waals surface area contributed by atoms with Crippen LogP contribution in [0, 0.1) is 0 Å². The molecule has 0 atom stereocenters. The Hall–Kier alpha value is -4.12. The minimum absolute atomic E-state index is 0.0710. The predicted molar refractivity (Wildman–Crippen MR) is 148 cm³/mol. The van der Waals surface area contributed by atoms with E-state index in [4.69, 9.17) is 0 Å². The topological polar surface area (TPSA) is 34.1 Å². The van der Waals surface area contributed by atoms with Gasteiger partial charge in [0.15, 0.2) is 0 Å². The molecule has 0 saturated carbocycles. The summed E-state index contributed by atoms with van der Waals surface area (Å²) in [5.74, 6) is 0.142. The number of benzene rings is 4. The van der Waals surface area contributed by atoms with Gasteiger partial charge in [0, 0.05) is 53.6 Å². The highest BCUT2D eigenvalue weighted by atomic mass is 32.1. The first-order valence-corrected chi connectivity index (χ1v) is 13.4. The van der Waals surface area contributed by atoms with Crippen LogP contribution in [0.4, 0.5) is 0 Å². The van der Waals surface area contributed by atoms with Gasteiger partial charge in [-0.15, -0.1) is 22.7 Å². The number of fused-ring (bicyclic) bond motifs is 8. The summed E-state index contributed by atoms with van der Waals surface area (Å²) in [5.41, 5.74) is 7.35. The Morgan fingerprint density at radius 2 is 0.778 bits per heavy atom. The van der Waals surface area contributed by atoms with Crippen LogP contribution in [-0.4, -0.2) is 11.6 Å². The van der Waals surface area contributed by atoms with Crippen molar-refractivity contribution >= 4 is 65.6 Å². The number of carbonyl (C=O) groups is 2. The molecule has 0 bridgehead atoms. The van der Waals surface area contributed by atoms with Gasteiger partial charge in [-0.2, -0.15) is 0 Å². The largest absolute Gasteiger partial charge is 0.288 e. The Bertz CT molecular complexity index is 1840. The molecule has 2 nitrogen and oxygen atoms in total. The van der Waals surface area contributed by atoms with E-state index in [1.165, 1.54) is 0 Å². The number of hydrogen-bond acceptors (Lipinski definition) is 4. The highest BCUT2D eigenvalue weighted by molar-refractivity contribution is 7.22. The Labute approximate surface area is 214 Å². The van der Waals surface area contributed by atoms with E-state index in [-0.39, 0.29) is 11.6 Å². The lowest BCUT2D eigenvalue weighted by Gasteiger charge is -2.27. The fraction of sp³-hybridized carbons (Fsp3) is 0. The molecule has 2 aromatic heterocycles. The van der Waals surface area contributed by atoms with Crippen LogP contribution in [0.15, 0.2) is 97.1 Å². The van der Waals surface area contributed by atoms with Crippen LogP contribution in [0.25, 0.3) is 31.3 Å². The molecular formula is C32H16O2S2. The maximum absolute atomic E-state index is 13.7. The summed E-state index contributed by atoms with van der Waals surface area (Å²) in [7, 11) is 0. The normalized spacial score (nSPS) is 16.1. The molecule has 168 valence electrons. The van der Waals surface area contributed by atoms with Crippen molar-refractivity contribution in [2.24, 2.45) is 0 Å². The maximum atomic E-state index is 13.7. The predicted octanol–water partition coefficient (Wildman–Crippen LogP) is 8.21. The molecule has 0 aliphatic heterocycles. The van der Waals surface area contributed by atoms with Crippen molar-refractivity contribution in [1.82, 2.24) is 0 Å². The number of hydrogen-bond donors (Lipinski definition) is 0. The van der Waals surface area contributed by atoms with E-state index in [0.717, 1.165) is 74.5 Å². The zero-order chi connectivity index (χ0) is 24.0. The number of rotatable bonds is 0. The van der Waals surface area contributed by atoms with Crippen LogP contribution in [-0.2, 0) is 0 Å². The molecule has 8 rings (SSSR count). The highest BCUT2D eigenvalue weighted by Gasteiger charge is 2.38. The summed E-state index contributed by atoms with van der Waals surface area (Å²) >= 11 is 3.12. The van der Waals surface area contributed by atoms with Gasteiger partial charge < -0.3 is 0 Å². The van der Waals surface area contributed by atoms with Crippen molar-refractivity contribution in [3.8, 4) is 0 Å². The number of ketones is 2. The standard InChI is InChI=1S/C32H16O2S2/c33-29-19-11-3-1-9-17(19)25(27-21-13-5-7-15-23(21)35-31(27)29)26-18-10-2-4-12-20(18)30(34)32-28(26)22-14-6-8-16-24(22)36-32/h1-16H/b26-25+. The van der Waals surface area contributed by atoms with Crippen LogP contribution in [0.1, 0.15) is 52.7 Å². The van der Waals surface area contributed by atoms with E-state index < -0.39 is 0 Å². The van der Waals surface area contributed by atoms with Gasteiger partial charge in [0.1, 0.15) is 0 Å². The Morgan fingerprint density at radius 1 is 0.417 bits per heavy atom. The molecule has 4 heteroatoms. The lowest BCUT2D eigenvalue weighted by atomic mass is 9.75. The molecule has 6 aromatic rings. The summed E-state index contributed by atoms with van der Waals surface area (Å²) < 4.78 is 2.19. The average molecular weight is 497 g/mol. The van der Waals surface area contributed by atoms with Gasteiger partial charge in [0.05, 0.1) is 9.75 Å². The van der Waals surface area contributed by atoms with E-state index >= 15 is 0 Å². The van der Waals surface area contributed by atoms with Gasteiger partial charge in [-0.3, -0.25) is 9.59 Å². The summed E-state index contributed by atoms with van der Waals surface area (Å²) in [6, 6.07) is 32.3. The van der Waals surface area contributed by atoms with Crippen LogP contribution < -0.4 is 0 Å². The molecule has 0 amide bonds. The van der Waals surface area contributed by atoms with Crippen LogP contribution >= 0.6 is 22.7 Å². The molecule has 0 saturated heterocycles. The molecule has 0 N–H and O–H groups in total. The van der Waals surface area contributed by atoms with Crippen molar-refractivity contribution in [3.63, 3.8) is 0 Å². The first kappa shape index (κ1) is 20.1. The molecule has 0 fully saturated rings. The van der Waals surface area contributed by atoms with Crippen LogP contribution in [0.3, 0.4) is 0 Å². The smallest absolute Gasteiger partial charge is 0.204 e. The molecule has 0 radical (unpaired) electrons. The minimum Gasteiger partial charge on any atom is -0.288 e. The van der Waals surface area contributed by atoms with Crippen molar-refractivity contribution in [3.05, 3.63) is 140 Å². The van der Waals surface area contributed by atoms with Crippen molar-refractivity contribution in [2.75, 3.05) is 0 Å². The van der Waals surface area contributed by atoms with Crippen molar-refractivity contribution < 1.29 is 9.59 Å². The third-order valence-corrected chi connectivity index (χ3v) is 9.57. The fourth-order valence-electron chi connectivity index (χ4n) is 5.74. The lowest BCUT2D eigenvalue weighted by Crippen LogP contribution is -2.17. The molecule has 0 unspecified atom stereocenters. The van der Waals surface area contributed by atoms with E-state index in [9.17, 15) is 9.59 Å². The Morgan fingerprint density at radius 3 is 1.22 bits per heavy atom. The third-order valence-electron chi connectivity index (χ3n) is 7.24. The zero-order valence-electron chi connectivity index (χ0n) is 18.9. The van der Waals surface area contributed by atoms with Gasteiger partial charge in [-0.1, -0.05) is 84.9 Å². The van der Waals surface area contributed by atoms with Gasteiger partial charge in [-0.05, 0) is 23.3 Å². The highest BCUT2D eigenvalue weighted by Crippen LogP contribution is 2.53. The second-order valence-corrected chi connectivity index (χ2v) is 11.2. The van der Waals surface area contributed by atoms with Gasteiger partial charge in [0.25, 0.3) is 0 Å². The number of carbonyl (C=O) groups excluding carboxylic acids is 2.